The minimum Gasteiger partial charge on any atom is -0.366 e. The third-order valence-corrected chi connectivity index (χ3v) is 5.22. The highest BCUT2D eigenvalue weighted by molar-refractivity contribution is 8.16. The van der Waals surface area contributed by atoms with Gasteiger partial charge in [0.05, 0.1) is 23.0 Å². The molecule has 1 amide bonds. The molecule has 1 atom stereocenters. The van der Waals surface area contributed by atoms with E-state index in [4.69, 9.17) is 5.73 Å². The molecule has 2 aliphatic rings. The summed E-state index contributed by atoms with van der Waals surface area (Å²) in [6.07, 6.45) is 0. The van der Waals surface area contributed by atoms with E-state index >= 15 is 0 Å². The van der Waals surface area contributed by atoms with Crippen LogP contribution in [0.3, 0.4) is 0 Å². The van der Waals surface area contributed by atoms with Crippen molar-refractivity contribution in [1.29, 1.82) is 0 Å². The van der Waals surface area contributed by atoms with Crippen LogP contribution in [0.2, 0.25) is 0 Å². The Morgan fingerprint density at radius 2 is 1.72 bits per heavy atom. The number of amidine groups is 1. The Hall–Kier alpha value is -2.79. The van der Waals surface area contributed by atoms with Crippen molar-refractivity contribution in [1.82, 2.24) is 4.90 Å². The number of nitrogens with two attached hydrogens (primary N) is 1. The molecule has 0 saturated carbocycles. The predicted molar refractivity (Wildman–Crippen MR) is 102 cm³/mol. The van der Waals surface area contributed by atoms with Gasteiger partial charge in [-0.05, 0) is 18.1 Å². The monoisotopic (exact) mass is 347 g/mol. The zero-order chi connectivity index (χ0) is 17.4. The van der Waals surface area contributed by atoms with Crippen LogP contribution in [0, 0.1) is 0 Å². The molecule has 5 heteroatoms. The van der Waals surface area contributed by atoms with Gasteiger partial charge in [-0.3, -0.25) is 4.79 Å². The van der Waals surface area contributed by atoms with Crippen LogP contribution in [-0.2, 0) is 4.79 Å². The van der Waals surface area contributed by atoms with Crippen molar-refractivity contribution in [2.24, 2.45) is 10.7 Å². The van der Waals surface area contributed by atoms with Crippen LogP contribution in [0.1, 0.15) is 24.1 Å². The fourth-order valence-electron chi connectivity index (χ4n) is 3.27. The SMILES string of the molecule is CC1=C(C(N)=O)C(c2ccccc2)N2C(c3ccccc3)=CSC2=N1. The van der Waals surface area contributed by atoms with Crippen LogP contribution >= 0.6 is 11.8 Å². The molecule has 0 bridgehead atoms. The highest BCUT2D eigenvalue weighted by Crippen LogP contribution is 2.46. The van der Waals surface area contributed by atoms with E-state index in [1.807, 2.05) is 55.5 Å². The van der Waals surface area contributed by atoms with Gasteiger partial charge in [0.2, 0.25) is 5.91 Å². The molecule has 2 aromatic carbocycles. The van der Waals surface area contributed by atoms with Crippen molar-refractivity contribution in [3.05, 3.63) is 88.5 Å². The van der Waals surface area contributed by atoms with Gasteiger partial charge in [0.25, 0.3) is 0 Å². The molecule has 4 nitrogen and oxygen atoms in total. The first-order chi connectivity index (χ1) is 12.2. The fourth-order valence-corrected chi connectivity index (χ4v) is 4.24. The number of thioether (sulfide) groups is 1. The number of rotatable bonds is 3. The number of primary amides is 1. The summed E-state index contributed by atoms with van der Waals surface area (Å²) in [5, 5.41) is 2.96. The second-order valence-electron chi connectivity index (χ2n) is 5.93. The average Bonchev–Trinajstić information content (AvgIpc) is 3.05. The lowest BCUT2D eigenvalue weighted by Gasteiger charge is -2.36. The van der Waals surface area contributed by atoms with Crippen LogP contribution < -0.4 is 5.73 Å². The third kappa shape index (κ3) is 2.66. The summed E-state index contributed by atoms with van der Waals surface area (Å²) in [7, 11) is 0. The Morgan fingerprint density at radius 3 is 2.36 bits per heavy atom. The molecule has 2 aromatic rings. The Balaban J connectivity index is 1.88. The first kappa shape index (κ1) is 15.7. The molecule has 1 unspecified atom stereocenters. The van der Waals surface area contributed by atoms with Gasteiger partial charge in [-0.25, -0.2) is 4.99 Å². The maximum absolute atomic E-state index is 12.2. The van der Waals surface area contributed by atoms with Crippen molar-refractivity contribution in [2.75, 3.05) is 0 Å². The molecule has 2 heterocycles. The smallest absolute Gasteiger partial charge is 0.248 e. The molecule has 25 heavy (non-hydrogen) atoms. The van der Waals surface area contributed by atoms with E-state index in [1.165, 1.54) is 0 Å². The molecule has 4 rings (SSSR count). The first-order valence-electron chi connectivity index (χ1n) is 8.02. The van der Waals surface area contributed by atoms with Gasteiger partial charge in [0.15, 0.2) is 5.17 Å². The quantitative estimate of drug-likeness (QED) is 0.916. The number of hydrogen-bond donors (Lipinski definition) is 1. The third-order valence-electron chi connectivity index (χ3n) is 4.38. The van der Waals surface area contributed by atoms with E-state index in [0.717, 1.165) is 22.0 Å². The highest BCUT2D eigenvalue weighted by atomic mass is 32.2. The number of nitrogens with zero attached hydrogens (tertiary/aromatic N) is 2. The van der Waals surface area contributed by atoms with Crippen LogP contribution in [-0.4, -0.2) is 16.0 Å². The summed E-state index contributed by atoms with van der Waals surface area (Å²) in [5.41, 5.74) is 10.1. The van der Waals surface area contributed by atoms with Gasteiger partial charge in [0.1, 0.15) is 0 Å². The maximum atomic E-state index is 12.2. The van der Waals surface area contributed by atoms with Crippen molar-refractivity contribution >= 4 is 28.5 Å². The Kier molecular flexibility index (Phi) is 3.93. The van der Waals surface area contributed by atoms with E-state index in [9.17, 15) is 4.79 Å². The molecule has 0 aliphatic carbocycles. The molecule has 2 aliphatic heterocycles. The van der Waals surface area contributed by atoms with Crippen molar-refractivity contribution in [3.8, 4) is 0 Å². The molecule has 0 radical (unpaired) electrons. The lowest BCUT2D eigenvalue weighted by atomic mass is 9.93. The van der Waals surface area contributed by atoms with Crippen LogP contribution in [0.4, 0.5) is 0 Å². The minimum absolute atomic E-state index is 0.271. The van der Waals surface area contributed by atoms with Crippen LogP contribution in [0.25, 0.3) is 5.70 Å². The number of allylic oxidation sites excluding steroid dienone is 1. The molecular formula is C20H17N3OS. The Bertz CT molecular complexity index is 916. The maximum Gasteiger partial charge on any atom is 0.248 e. The van der Waals surface area contributed by atoms with Gasteiger partial charge >= 0.3 is 0 Å². The van der Waals surface area contributed by atoms with Crippen molar-refractivity contribution < 1.29 is 4.79 Å². The predicted octanol–water partition coefficient (Wildman–Crippen LogP) is 3.90. The number of benzene rings is 2. The Labute approximate surface area is 150 Å². The van der Waals surface area contributed by atoms with E-state index in [0.29, 0.717) is 11.3 Å². The summed E-state index contributed by atoms with van der Waals surface area (Å²) in [6, 6.07) is 19.8. The van der Waals surface area contributed by atoms with E-state index < -0.39 is 5.91 Å². The minimum atomic E-state index is -0.432. The standard InChI is InChI=1S/C20H17N3OS/c1-13-17(19(21)24)18(15-10-6-3-7-11-15)23-16(12-25-20(23)22-13)14-8-4-2-5-9-14/h2-12,18H,1H3,(H2,21,24). The number of amides is 1. The largest absolute Gasteiger partial charge is 0.366 e. The van der Waals surface area contributed by atoms with Crippen molar-refractivity contribution in [3.63, 3.8) is 0 Å². The number of carbonyl (C=O) groups is 1. The summed E-state index contributed by atoms with van der Waals surface area (Å²) < 4.78 is 0. The summed E-state index contributed by atoms with van der Waals surface area (Å²) >= 11 is 1.57. The van der Waals surface area contributed by atoms with Gasteiger partial charge in [-0.15, -0.1) is 0 Å². The molecule has 124 valence electrons. The van der Waals surface area contributed by atoms with E-state index in [2.05, 4.69) is 27.4 Å². The number of hydrogen-bond acceptors (Lipinski definition) is 4. The van der Waals surface area contributed by atoms with Gasteiger partial charge in [0, 0.05) is 5.41 Å². The second-order valence-corrected chi connectivity index (χ2v) is 6.76. The van der Waals surface area contributed by atoms with Crippen LogP contribution in [0.15, 0.2) is 82.3 Å². The van der Waals surface area contributed by atoms with Gasteiger partial charge in [-0.1, -0.05) is 72.4 Å². The molecule has 0 spiro atoms. The zero-order valence-corrected chi connectivity index (χ0v) is 14.5. The normalized spacial score (nSPS) is 19.4. The van der Waals surface area contributed by atoms with E-state index in [-0.39, 0.29) is 6.04 Å². The Morgan fingerprint density at radius 1 is 1.08 bits per heavy atom. The number of aliphatic imine (C=N–C) groups is 1. The number of fused-ring (bicyclic) bond motifs is 1. The fraction of sp³-hybridized carbons (Fsp3) is 0.100. The summed E-state index contributed by atoms with van der Waals surface area (Å²) in [4.78, 5) is 19.0. The topological polar surface area (TPSA) is 58.7 Å². The molecule has 0 saturated heterocycles. The lowest BCUT2D eigenvalue weighted by molar-refractivity contribution is -0.115. The molecule has 0 aromatic heterocycles. The second kappa shape index (κ2) is 6.26. The zero-order valence-electron chi connectivity index (χ0n) is 13.7. The van der Waals surface area contributed by atoms with Crippen LogP contribution in [0.5, 0.6) is 0 Å². The van der Waals surface area contributed by atoms with Crippen molar-refractivity contribution in [2.45, 2.75) is 13.0 Å². The lowest BCUT2D eigenvalue weighted by Crippen LogP contribution is -2.37. The van der Waals surface area contributed by atoms with Gasteiger partial charge in [-0.2, -0.15) is 0 Å². The molecular weight excluding hydrogens is 330 g/mol. The summed E-state index contributed by atoms with van der Waals surface area (Å²) in [5.74, 6) is -0.432. The molecule has 2 N–H and O–H groups in total. The number of carbonyl (C=O) groups excluding carboxylic acids is 1. The summed E-state index contributed by atoms with van der Waals surface area (Å²) in [6.45, 7) is 1.85. The molecule has 0 fully saturated rings. The highest BCUT2D eigenvalue weighted by Gasteiger charge is 2.39. The average molecular weight is 347 g/mol. The van der Waals surface area contributed by atoms with Gasteiger partial charge < -0.3 is 10.6 Å². The first-order valence-corrected chi connectivity index (χ1v) is 8.90. The van der Waals surface area contributed by atoms with E-state index in [1.54, 1.807) is 11.8 Å².